The van der Waals surface area contributed by atoms with Gasteiger partial charge in [-0.15, -0.1) is 0 Å². The summed E-state index contributed by atoms with van der Waals surface area (Å²) in [6, 6.07) is 16.8. The lowest BCUT2D eigenvalue weighted by atomic mass is 10.1. The van der Waals surface area contributed by atoms with Crippen LogP contribution in [0.3, 0.4) is 0 Å². The van der Waals surface area contributed by atoms with Crippen LogP contribution in [0.15, 0.2) is 71.8 Å². The predicted octanol–water partition coefficient (Wildman–Crippen LogP) is 4.48. The van der Waals surface area contributed by atoms with Crippen LogP contribution in [0.5, 0.6) is 5.75 Å². The third-order valence-corrected chi connectivity index (χ3v) is 5.01. The summed E-state index contributed by atoms with van der Waals surface area (Å²) in [5, 5.41) is 18.1. The van der Waals surface area contributed by atoms with Crippen molar-refractivity contribution in [3.05, 3.63) is 99.1 Å². The Bertz CT molecular complexity index is 1320. The number of aryl methyl sites for hydroxylation is 1. The van der Waals surface area contributed by atoms with Gasteiger partial charge in [-0.05, 0) is 49.4 Å². The number of nitro benzene ring substituents is 1. The highest BCUT2D eigenvalue weighted by atomic mass is 16.6. The van der Waals surface area contributed by atoms with Crippen molar-refractivity contribution in [2.75, 3.05) is 5.32 Å². The largest absolute Gasteiger partial charge is 0.415 e. The van der Waals surface area contributed by atoms with Gasteiger partial charge in [0.15, 0.2) is 0 Å². The number of ether oxygens (including phenoxy) is 1. The van der Waals surface area contributed by atoms with Crippen LogP contribution in [0.2, 0.25) is 0 Å². The number of carbonyl (C=O) groups is 3. The van der Waals surface area contributed by atoms with E-state index in [2.05, 4.69) is 15.8 Å². The molecule has 0 unspecified atom stereocenters. The molecule has 0 aliphatic carbocycles. The highest BCUT2D eigenvalue weighted by molar-refractivity contribution is 5.97. The van der Waals surface area contributed by atoms with Gasteiger partial charge >= 0.3 is 11.7 Å². The number of esters is 1. The Morgan fingerprint density at radius 1 is 0.972 bits per heavy atom. The standard InChI is InChI=1S/C26H24N4O6/c1-16(2)24(31)28-21-13-11-18(12-14-21)25(32)29-27-15-20-5-4-6-22(30(34)35)23(20)36-26(33)19-9-7-17(3)8-10-19/h4-16H,1-3H3,(H,28,31)(H,29,32)/b27-15+. The molecule has 2 amide bonds. The average Bonchev–Trinajstić information content (AvgIpc) is 2.85. The number of nitrogens with one attached hydrogen (secondary N) is 2. The highest BCUT2D eigenvalue weighted by Crippen LogP contribution is 2.30. The second kappa shape index (κ2) is 11.5. The number of nitrogens with zero attached hydrogens (tertiary/aromatic N) is 2. The lowest BCUT2D eigenvalue weighted by molar-refractivity contribution is -0.385. The van der Waals surface area contributed by atoms with Crippen molar-refractivity contribution in [1.29, 1.82) is 0 Å². The number of para-hydroxylation sites is 1. The summed E-state index contributed by atoms with van der Waals surface area (Å²) in [6.45, 7) is 5.40. The van der Waals surface area contributed by atoms with Crippen LogP contribution >= 0.6 is 0 Å². The van der Waals surface area contributed by atoms with E-state index in [0.29, 0.717) is 5.69 Å². The summed E-state index contributed by atoms with van der Waals surface area (Å²) in [5.74, 6) is -1.94. The van der Waals surface area contributed by atoms with E-state index in [4.69, 9.17) is 4.74 Å². The maximum absolute atomic E-state index is 12.6. The Hall–Kier alpha value is -4.86. The molecule has 0 aliphatic heterocycles. The number of benzene rings is 3. The summed E-state index contributed by atoms with van der Waals surface area (Å²) < 4.78 is 5.35. The zero-order valence-corrected chi connectivity index (χ0v) is 19.8. The second-order valence-corrected chi connectivity index (χ2v) is 8.13. The molecular weight excluding hydrogens is 464 g/mol. The quantitative estimate of drug-likeness (QED) is 0.157. The molecule has 3 rings (SSSR count). The molecule has 0 heterocycles. The lowest BCUT2D eigenvalue weighted by Gasteiger charge is -2.09. The first kappa shape index (κ1) is 25.8. The fourth-order valence-electron chi connectivity index (χ4n) is 2.96. The molecule has 0 saturated heterocycles. The van der Waals surface area contributed by atoms with E-state index in [1.165, 1.54) is 30.3 Å². The van der Waals surface area contributed by atoms with Gasteiger partial charge in [-0.3, -0.25) is 19.7 Å². The van der Waals surface area contributed by atoms with Crippen LogP contribution < -0.4 is 15.5 Å². The molecule has 0 aromatic heterocycles. The van der Waals surface area contributed by atoms with Gasteiger partial charge in [0.05, 0.1) is 16.7 Å². The molecule has 0 radical (unpaired) electrons. The predicted molar refractivity (Wildman–Crippen MR) is 134 cm³/mol. The SMILES string of the molecule is Cc1ccc(C(=O)Oc2c(/C=N/NC(=O)c3ccc(NC(=O)C(C)C)cc3)cccc2[N+](=O)[O-])cc1. The first-order valence-electron chi connectivity index (χ1n) is 11.0. The van der Waals surface area contributed by atoms with Gasteiger partial charge in [-0.2, -0.15) is 5.10 Å². The van der Waals surface area contributed by atoms with Gasteiger partial charge in [-0.1, -0.05) is 37.6 Å². The number of rotatable bonds is 8. The molecule has 10 nitrogen and oxygen atoms in total. The Morgan fingerprint density at radius 3 is 2.22 bits per heavy atom. The summed E-state index contributed by atoms with van der Waals surface area (Å²) in [6.07, 6.45) is 1.15. The van der Waals surface area contributed by atoms with Gasteiger partial charge in [0.25, 0.3) is 5.91 Å². The van der Waals surface area contributed by atoms with Gasteiger partial charge < -0.3 is 10.1 Å². The first-order chi connectivity index (χ1) is 17.2. The van der Waals surface area contributed by atoms with Crippen LogP contribution in [-0.4, -0.2) is 28.9 Å². The Balaban J connectivity index is 1.75. The van der Waals surface area contributed by atoms with E-state index in [1.807, 2.05) is 6.92 Å². The topological polar surface area (TPSA) is 140 Å². The van der Waals surface area contributed by atoms with Crippen LogP contribution in [0, 0.1) is 23.0 Å². The third kappa shape index (κ3) is 6.60. The first-order valence-corrected chi connectivity index (χ1v) is 11.0. The molecule has 0 spiro atoms. The molecule has 36 heavy (non-hydrogen) atoms. The molecule has 3 aromatic rings. The summed E-state index contributed by atoms with van der Waals surface area (Å²) in [4.78, 5) is 47.6. The van der Waals surface area contributed by atoms with E-state index in [-0.39, 0.29) is 34.3 Å². The number of hydrazone groups is 1. The van der Waals surface area contributed by atoms with E-state index in [9.17, 15) is 24.5 Å². The van der Waals surface area contributed by atoms with Crippen LogP contribution in [0.1, 0.15) is 45.7 Å². The number of hydrogen-bond donors (Lipinski definition) is 2. The van der Waals surface area contributed by atoms with Crippen molar-refractivity contribution in [3.63, 3.8) is 0 Å². The molecule has 0 saturated carbocycles. The van der Waals surface area contributed by atoms with Gasteiger partial charge in [0.2, 0.25) is 11.7 Å². The monoisotopic (exact) mass is 488 g/mol. The van der Waals surface area contributed by atoms with Gasteiger partial charge in [0.1, 0.15) is 0 Å². The maximum atomic E-state index is 12.6. The molecular formula is C26H24N4O6. The van der Waals surface area contributed by atoms with Crippen molar-refractivity contribution in [2.24, 2.45) is 11.0 Å². The minimum absolute atomic E-state index is 0.122. The van der Waals surface area contributed by atoms with Crippen molar-refractivity contribution < 1.29 is 24.0 Å². The smallest absolute Gasteiger partial charge is 0.343 e. The minimum atomic E-state index is -0.771. The Morgan fingerprint density at radius 2 is 1.61 bits per heavy atom. The van der Waals surface area contributed by atoms with E-state index >= 15 is 0 Å². The van der Waals surface area contributed by atoms with Crippen LogP contribution in [0.25, 0.3) is 0 Å². The van der Waals surface area contributed by atoms with E-state index < -0.39 is 22.5 Å². The minimum Gasteiger partial charge on any atom is -0.415 e. The lowest BCUT2D eigenvalue weighted by Crippen LogP contribution is -2.19. The number of nitro groups is 1. The van der Waals surface area contributed by atoms with Crippen LogP contribution in [-0.2, 0) is 4.79 Å². The zero-order chi connectivity index (χ0) is 26.2. The Labute approximate surface area is 207 Å². The van der Waals surface area contributed by atoms with E-state index in [1.54, 1.807) is 50.2 Å². The number of carbonyl (C=O) groups excluding carboxylic acids is 3. The average molecular weight is 489 g/mol. The number of hydrogen-bond acceptors (Lipinski definition) is 7. The van der Waals surface area contributed by atoms with E-state index in [0.717, 1.165) is 11.8 Å². The molecule has 0 aliphatic rings. The second-order valence-electron chi connectivity index (χ2n) is 8.13. The molecule has 0 atom stereocenters. The zero-order valence-electron chi connectivity index (χ0n) is 19.8. The fraction of sp³-hybridized carbons (Fsp3) is 0.154. The molecule has 3 aromatic carbocycles. The van der Waals surface area contributed by atoms with Crippen LogP contribution in [0.4, 0.5) is 11.4 Å². The van der Waals surface area contributed by atoms with Gasteiger partial charge in [0, 0.05) is 28.8 Å². The molecule has 2 N–H and O–H groups in total. The molecule has 0 fully saturated rings. The number of anilines is 1. The fourth-order valence-corrected chi connectivity index (χ4v) is 2.96. The third-order valence-electron chi connectivity index (χ3n) is 5.01. The summed E-state index contributed by atoms with van der Waals surface area (Å²) >= 11 is 0. The maximum Gasteiger partial charge on any atom is 0.343 e. The molecule has 0 bridgehead atoms. The molecule has 10 heteroatoms. The van der Waals surface area contributed by atoms with Crippen molar-refractivity contribution in [2.45, 2.75) is 20.8 Å². The van der Waals surface area contributed by atoms with Crippen molar-refractivity contribution in [3.8, 4) is 5.75 Å². The summed E-state index contributed by atoms with van der Waals surface area (Å²) in [7, 11) is 0. The normalized spacial score (nSPS) is 10.8. The van der Waals surface area contributed by atoms with Crippen molar-refractivity contribution >= 4 is 35.4 Å². The summed E-state index contributed by atoms with van der Waals surface area (Å²) in [5.41, 5.74) is 4.01. The van der Waals surface area contributed by atoms with Gasteiger partial charge in [-0.25, -0.2) is 10.2 Å². The Kier molecular flexibility index (Phi) is 8.24. The molecule has 184 valence electrons. The number of amides is 2. The van der Waals surface area contributed by atoms with Crippen molar-refractivity contribution in [1.82, 2.24) is 5.43 Å². The highest BCUT2D eigenvalue weighted by Gasteiger charge is 2.22.